The standard InChI is InChI=1S/C23H15BrN4O3/c1-13-2-9-17(10-3-13)28-22(29)18-11-6-15(12-19(18)25-23(28)30)21-26-20(27-31-21)14-4-7-16(24)8-5-14/h2-12H,1H3,(H,25,30). The average Bonchev–Trinajstić information content (AvgIpc) is 3.25. The highest BCUT2D eigenvalue weighted by Crippen LogP contribution is 2.25. The van der Waals surface area contributed by atoms with Gasteiger partial charge in [-0.05, 0) is 61.5 Å². The van der Waals surface area contributed by atoms with Gasteiger partial charge in [0.2, 0.25) is 5.82 Å². The van der Waals surface area contributed by atoms with Gasteiger partial charge in [-0.25, -0.2) is 9.36 Å². The molecule has 2 heterocycles. The number of nitrogens with one attached hydrogen (secondary N) is 1. The van der Waals surface area contributed by atoms with Crippen LogP contribution in [0.4, 0.5) is 0 Å². The van der Waals surface area contributed by atoms with Crippen molar-refractivity contribution in [3.8, 4) is 28.5 Å². The second kappa shape index (κ2) is 7.48. The molecule has 0 bridgehead atoms. The van der Waals surface area contributed by atoms with Gasteiger partial charge in [0.25, 0.3) is 11.4 Å². The Morgan fingerprint density at radius 1 is 0.935 bits per heavy atom. The molecule has 152 valence electrons. The summed E-state index contributed by atoms with van der Waals surface area (Å²) in [6.45, 7) is 1.94. The number of aryl methyl sites for hydroxylation is 1. The molecule has 0 unspecified atom stereocenters. The van der Waals surface area contributed by atoms with Crippen molar-refractivity contribution in [2.24, 2.45) is 0 Å². The predicted molar refractivity (Wildman–Crippen MR) is 121 cm³/mol. The molecule has 2 aromatic heterocycles. The van der Waals surface area contributed by atoms with Crippen molar-refractivity contribution in [3.05, 3.63) is 97.6 Å². The van der Waals surface area contributed by atoms with Crippen LogP contribution in [0.15, 0.2) is 85.3 Å². The first-order chi connectivity index (χ1) is 15.0. The molecule has 0 fully saturated rings. The first-order valence-corrected chi connectivity index (χ1v) is 10.2. The summed E-state index contributed by atoms with van der Waals surface area (Å²) in [7, 11) is 0. The third kappa shape index (κ3) is 3.51. The van der Waals surface area contributed by atoms with E-state index in [0.717, 1.165) is 20.2 Å². The largest absolute Gasteiger partial charge is 0.334 e. The molecule has 0 atom stereocenters. The fraction of sp³-hybridized carbons (Fsp3) is 0.0435. The van der Waals surface area contributed by atoms with E-state index < -0.39 is 11.2 Å². The van der Waals surface area contributed by atoms with E-state index >= 15 is 0 Å². The first-order valence-electron chi connectivity index (χ1n) is 9.46. The summed E-state index contributed by atoms with van der Waals surface area (Å²) in [5.74, 6) is 0.745. The molecule has 0 saturated carbocycles. The van der Waals surface area contributed by atoms with E-state index in [-0.39, 0.29) is 0 Å². The van der Waals surface area contributed by atoms with Crippen LogP contribution in [0.3, 0.4) is 0 Å². The molecule has 1 N–H and O–H groups in total. The molecule has 0 spiro atoms. The maximum absolute atomic E-state index is 13.0. The van der Waals surface area contributed by atoms with Crippen molar-refractivity contribution in [2.45, 2.75) is 6.92 Å². The fourth-order valence-corrected chi connectivity index (χ4v) is 3.60. The van der Waals surface area contributed by atoms with Crippen molar-refractivity contribution in [1.29, 1.82) is 0 Å². The molecular formula is C23H15BrN4O3. The highest BCUT2D eigenvalue weighted by Gasteiger charge is 2.14. The molecular weight excluding hydrogens is 460 g/mol. The number of aromatic amines is 1. The Labute approximate surface area is 184 Å². The molecule has 0 aliphatic rings. The van der Waals surface area contributed by atoms with Crippen molar-refractivity contribution >= 4 is 26.8 Å². The van der Waals surface area contributed by atoms with Crippen LogP contribution < -0.4 is 11.2 Å². The van der Waals surface area contributed by atoms with E-state index in [1.54, 1.807) is 30.3 Å². The van der Waals surface area contributed by atoms with Gasteiger partial charge in [-0.1, -0.05) is 38.8 Å². The Bertz CT molecular complexity index is 1530. The van der Waals surface area contributed by atoms with Gasteiger partial charge < -0.3 is 9.51 Å². The maximum Gasteiger partial charge on any atom is 0.333 e. The van der Waals surface area contributed by atoms with Crippen LogP contribution >= 0.6 is 15.9 Å². The second-order valence-electron chi connectivity index (χ2n) is 7.10. The van der Waals surface area contributed by atoms with Crippen LogP contribution in [-0.2, 0) is 0 Å². The molecule has 5 aromatic rings. The molecule has 8 heteroatoms. The van der Waals surface area contributed by atoms with Gasteiger partial charge in [0.05, 0.1) is 16.6 Å². The van der Waals surface area contributed by atoms with Crippen molar-refractivity contribution in [2.75, 3.05) is 0 Å². The Hall–Kier alpha value is -3.78. The molecule has 5 rings (SSSR count). The lowest BCUT2D eigenvalue weighted by Crippen LogP contribution is -2.33. The number of benzene rings is 3. The highest BCUT2D eigenvalue weighted by molar-refractivity contribution is 9.10. The van der Waals surface area contributed by atoms with Crippen molar-refractivity contribution < 1.29 is 4.52 Å². The van der Waals surface area contributed by atoms with E-state index in [9.17, 15) is 9.59 Å². The first kappa shape index (κ1) is 19.2. The lowest BCUT2D eigenvalue weighted by Gasteiger charge is -2.07. The average molecular weight is 475 g/mol. The number of hydrogen-bond donors (Lipinski definition) is 1. The minimum absolute atomic E-state index is 0.295. The summed E-state index contributed by atoms with van der Waals surface area (Å²) >= 11 is 3.40. The molecule has 31 heavy (non-hydrogen) atoms. The molecule has 0 amide bonds. The summed E-state index contributed by atoms with van der Waals surface area (Å²) in [5.41, 5.74) is 2.47. The number of halogens is 1. The topological polar surface area (TPSA) is 93.8 Å². The molecule has 0 saturated heterocycles. The van der Waals surface area contributed by atoms with E-state index in [2.05, 4.69) is 31.1 Å². The zero-order chi connectivity index (χ0) is 21.5. The molecule has 7 nitrogen and oxygen atoms in total. The maximum atomic E-state index is 13.0. The zero-order valence-electron chi connectivity index (χ0n) is 16.3. The minimum atomic E-state index is -0.514. The summed E-state index contributed by atoms with van der Waals surface area (Å²) in [6, 6.07) is 19.8. The number of H-pyrrole nitrogens is 1. The summed E-state index contributed by atoms with van der Waals surface area (Å²) < 4.78 is 7.48. The monoisotopic (exact) mass is 474 g/mol. The summed E-state index contributed by atoms with van der Waals surface area (Å²) in [6.07, 6.45) is 0. The Balaban J connectivity index is 1.58. The molecule has 3 aromatic carbocycles. The normalized spacial score (nSPS) is 11.2. The Morgan fingerprint density at radius 3 is 2.39 bits per heavy atom. The van der Waals surface area contributed by atoms with Crippen LogP contribution in [0.1, 0.15) is 5.56 Å². The van der Waals surface area contributed by atoms with E-state index in [4.69, 9.17) is 4.52 Å². The molecule has 0 aliphatic heterocycles. The van der Waals surface area contributed by atoms with E-state index in [1.165, 1.54) is 0 Å². The summed E-state index contributed by atoms with van der Waals surface area (Å²) in [4.78, 5) is 32.9. The van der Waals surface area contributed by atoms with E-state index in [1.807, 2.05) is 43.3 Å². The van der Waals surface area contributed by atoms with Crippen molar-refractivity contribution in [1.82, 2.24) is 19.7 Å². The number of nitrogens with zero attached hydrogens (tertiary/aromatic N) is 3. The summed E-state index contributed by atoms with van der Waals surface area (Å²) in [5, 5.41) is 4.42. The number of fused-ring (bicyclic) bond motifs is 1. The third-order valence-corrected chi connectivity index (χ3v) is 5.49. The quantitative estimate of drug-likeness (QED) is 0.416. The van der Waals surface area contributed by atoms with Crippen LogP contribution in [0.2, 0.25) is 0 Å². The number of hydrogen-bond acceptors (Lipinski definition) is 5. The third-order valence-electron chi connectivity index (χ3n) is 4.97. The lowest BCUT2D eigenvalue weighted by atomic mass is 10.1. The van der Waals surface area contributed by atoms with Crippen molar-refractivity contribution in [3.63, 3.8) is 0 Å². The van der Waals surface area contributed by atoms with Gasteiger partial charge >= 0.3 is 5.69 Å². The van der Waals surface area contributed by atoms with Gasteiger partial charge in [0.1, 0.15) is 0 Å². The zero-order valence-corrected chi connectivity index (χ0v) is 17.9. The van der Waals surface area contributed by atoms with Crippen LogP contribution in [-0.4, -0.2) is 19.7 Å². The fourth-order valence-electron chi connectivity index (χ4n) is 3.34. The van der Waals surface area contributed by atoms with Crippen LogP contribution in [0.5, 0.6) is 0 Å². The lowest BCUT2D eigenvalue weighted by molar-refractivity contribution is 0.432. The van der Waals surface area contributed by atoms with Gasteiger partial charge in [-0.3, -0.25) is 4.79 Å². The Kier molecular flexibility index (Phi) is 4.63. The smallest absolute Gasteiger partial charge is 0.333 e. The minimum Gasteiger partial charge on any atom is -0.334 e. The highest BCUT2D eigenvalue weighted by atomic mass is 79.9. The Morgan fingerprint density at radius 2 is 1.65 bits per heavy atom. The van der Waals surface area contributed by atoms with Gasteiger partial charge in [0.15, 0.2) is 0 Å². The van der Waals surface area contributed by atoms with Gasteiger partial charge in [-0.15, -0.1) is 0 Å². The van der Waals surface area contributed by atoms with Gasteiger partial charge in [0, 0.05) is 15.6 Å². The van der Waals surface area contributed by atoms with Crippen LogP contribution in [0, 0.1) is 6.92 Å². The van der Waals surface area contributed by atoms with E-state index in [0.29, 0.717) is 33.9 Å². The SMILES string of the molecule is Cc1ccc(-n2c(=O)[nH]c3cc(-c4nc(-c5ccc(Br)cc5)no4)ccc3c2=O)cc1. The molecule has 0 radical (unpaired) electrons. The number of aromatic nitrogens is 4. The predicted octanol–water partition coefficient (Wildman–Crippen LogP) is 4.47. The van der Waals surface area contributed by atoms with Crippen LogP contribution in [0.25, 0.3) is 39.4 Å². The number of rotatable bonds is 3. The second-order valence-corrected chi connectivity index (χ2v) is 8.01. The van der Waals surface area contributed by atoms with Gasteiger partial charge in [-0.2, -0.15) is 4.98 Å². The molecule has 0 aliphatic carbocycles.